The fraction of sp³-hybridized carbons (Fsp3) is 0.516. The number of nitrogens with one attached hydrogen (secondary N) is 1. The van der Waals surface area contributed by atoms with E-state index in [1.807, 2.05) is 60.7 Å². The van der Waals surface area contributed by atoms with Crippen molar-refractivity contribution in [3.8, 4) is 0 Å². The number of ether oxygens (including phenoxy) is 7. The number of hydrogen-bond donors (Lipinski definition) is 1. The van der Waals surface area contributed by atoms with E-state index in [1.165, 1.54) is 0 Å². The number of carbonyl (C=O) groups excluding carboxylic acids is 3. The maximum atomic E-state index is 13.7. The van der Waals surface area contributed by atoms with Crippen LogP contribution in [0.5, 0.6) is 0 Å². The molecule has 2 aromatic rings. The van der Waals surface area contributed by atoms with Crippen LogP contribution in [-0.4, -0.2) is 66.2 Å². The number of carbonyl (C=O) groups is 3. The van der Waals surface area contributed by atoms with Crippen LogP contribution in [0.4, 0.5) is 0 Å². The van der Waals surface area contributed by atoms with Gasteiger partial charge in [-0.25, -0.2) is 4.79 Å². The van der Waals surface area contributed by atoms with Crippen molar-refractivity contribution in [1.82, 2.24) is 5.32 Å². The van der Waals surface area contributed by atoms with Crippen molar-refractivity contribution in [1.29, 1.82) is 0 Å². The third-order valence-corrected chi connectivity index (χ3v) is 7.12. The lowest BCUT2D eigenvalue weighted by Crippen LogP contribution is -2.61. The topological polar surface area (TPSA) is 128 Å². The summed E-state index contributed by atoms with van der Waals surface area (Å²) in [6.45, 7) is 7.07. The largest absolute Gasteiger partial charge is 0.461 e. The maximum absolute atomic E-state index is 13.7. The Labute approximate surface area is 244 Å². The van der Waals surface area contributed by atoms with Gasteiger partial charge >= 0.3 is 11.9 Å². The molecule has 0 aromatic heterocycles. The minimum atomic E-state index is -1.18. The van der Waals surface area contributed by atoms with Crippen LogP contribution in [-0.2, 0) is 60.8 Å². The van der Waals surface area contributed by atoms with Gasteiger partial charge in [0.1, 0.15) is 37.6 Å². The summed E-state index contributed by atoms with van der Waals surface area (Å²) in [5, 5.41) is 2.71. The summed E-state index contributed by atoms with van der Waals surface area (Å²) in [6.07, 6.45) is -4.31. The Morgan fingerprint density at radius 2 is 1.31 bits per heavy atom. The molecule has 3 heterocycles. The SMILES string of the molecule is CC1(C)O[C@@H]2O[C@@H](C(=O)N[C@@H](CCC(=O)OCc3ccccc3)C(=O)OCc3ccccc3)[C@H]3OC(C)(C)O[C@@H]3[C@H]2O1. The smallest absolute Gasteiger partial charge is 0.328 e. The van der Waals surface area contributed by atoms with Crippen LogP contribution < -0.4 is 5.32 Å². The predicted molar refractivity (Wildman–Crippen MR) is 146 cm³/mol. The van der Waals surface area contributed by atoms with Crippen molar-refractivity contribution in [2.24, 2.45) is 0 Å². The third-order valence-electron chi connectivity index (χ3n) is 7.12. The van der Waals surface area contributed by atoms with Gasteiger partial charge in [-0.1, -0.05) is 60.7 Å². The highest BCUT2D eigenvalue weighted by atomic mass is 16.9. The zero-order valence-corrected chi connectivity index (χ0v) is 24.1. The molecule has 0 aliphatic carbocycles. The van der Waals surface area contributed by atoms with E-state index in [9.17, 15) is 14.4 Å². The molecule has 3 saturated heterocycles. The molecule has 6 atom stereocenters. The van der Waals surface area contributed by atoms with Crippen LogP contribution in [0, 0.1) is 0 Å². The predicted octanol–water partition coefficient (Wildman–Crippen LogP) is 3.13. The Morgan fingerprint density at radius 3 is 1.95 bits per heavy atom. The Balaban J connectivity index is 1.26. The normalized spacial score (nSPS) is 27.8. The van der Waals surface area contributed by atoms with Crippen LogP contribution in [0.25, 0.3) is 0 Å². The average Bonchev–Trinajstić information content (AvgIpc) is 3.46. The van der Waals surface area contributed by atoms with E-state index in [0.29, 0.717) is 0 Å². The molecular formula is C31H37NO10. The first-order chi connectivity index (χ1) is 20.0. The zero-order valence-electron chi connectivity index (χ0n) is 24.1. The summed E-state index contributed by atoms with van der Waals surface area (Å²) in [7, 11) is 0. The summed E-state index contributed by atoms with van der Waals surface area (Å²) in [6, 6.07) is 17.2. The zero-order chi connectivity index (χ0) is 29.9. The lowest BCUT2D eigenvalue weighted by atomic mass is 9.98. The van der Waals surface area contributed by atoms with Crippen LogP contribution in [0.15, 0.2) is 60.7 Å². The number of benzene rings is 2. The van der Waals surface area contributed by atoms with Crippen molar-refractivity contribution in [2.75, 3.05) is 0 Å². The summed E-state index contributed by atoms with van der Waals surface area (Å²) in [5.74, 6) is -3.79. The van der Waals surface area contributed by atoms with Gasteiger partial charge < -0.3 is 38.5 Å². The molecule has 0 spiro atoms. The van der Waals surface area contributed by atoms with Crippen LogP contribution in [0.2, 0.25) is 0 Å². The van der Waals surface area contributed by atoms with Gasteiger partial charge in [0.05, 0.1) is 0 Å². The fourth-order valence-corrected chi connectivity index (χ4v) is 5.23. The van der Waals surface area contributed by atoms with Crippen molar-refractivity contribution in [3.05, 3.63) is 71.8 Å². The van der Waals surface area contributed by atoms with Gasteiger partial charge in [0, 0.05) is 6.42 Å². The first-order valence-corrected chi connectivity index (χ1v) is 14.1. The number of esters is 2. The van der Waals surface area contributed by atoms with E-state index < -0.39 is 66.2 Å². The molecule has 0 radical (unpaired) electrons. The van der Waals surface area contributed by atoms with Gasteiger partial charge in [0.15, 0.2) is 24.0 Å². The van der Waals surface area contributed by atoms with Crippen LogP contribution in [0.3, 0.4) is 0 Å². The maximum Gasteiger partial charge on any atom is 0.328 e. The Hall–Kier alpha value is -3.35. The summed E-state index contributed by atoms with van der Waals surface area (Å²) >= 11 is 0. The highest BCUT2D eigenvalue weighted by molar-refractivity contribution is 5.88. The van der Waals surface area contributed by atoms with E-state index in [2.05, 4.69) is 5.32 Å². The summed E-state index contributed by atoms with van der Waals surface area (Å²) in [5.41, 5.74) is 1.62. The molecule has 3 aliphatic rings. The molecule has 2 aromatic carbocycles. The van der Waals surface area contributed by atoms with Gasteiger partial charge in [0.25, 0.3) is 5.91 Å². The molecular weight excluding hydrogens is 546 g/mol. The summed E-state index contributed by atoms with van der Waals surface area (Å²) < 4.78 is 40.9. The number of amides is 1. The van der Waals surface area contributed by atoms with Crippen molar-refractivity contribution < 1.29 is 47.5 Å². The minimum Gasteiger partial charge on any atom is -0.461 e. The molecule has 226 valence electrons. The standard InChI is InChI=1S/C31H37NO10/c1-30(2)39-23-24(40-30)26-29(42-31(3,4)41-26)38-25(23)27(34)32-21(28(35)37-18-20-13-9-6-10-14-20)15-16-22(33)36-17-19-11-7-5-8-12-19/h5-14,21,23-26,29H,15-18H2,1-4H3,(H,32,34)/t21-,23-,24-,25+,26+,29-/m0/s1. The lowest BCUT2D eigenvalue weighted by molar-refractivity contribution is -0.231. The third kappa shape index (κ3) is 7.34. The quantitative estimate of drug-likeness (QED) is 0.417. The highest BCUT2D eigenvalue weighted by Crippen LogP contribution is 2.44. The Bertz CT molecular complexity index is 1250. The molecule has 3 fully saturated rings. The monoisotopic (exact) mass is 583 g/mol. The number of fused-ring (bicyclic) bond motifs is 3. The molecule has 0 bridgehead atoms. The van der Waals surface area contributed by atoms with E-state index >= 15 is 0 Å². The molecule has 42 heavy (non-hydrogen) atoms. The van der Waals surface area contributed by atoms with Crippen molar-refractivity contribution in [2.45, 2.75) is 102 Å². The molecule has 0 saturated carbocycles. The first kappa shape index (κ1) is 30.1. The van der Waals surface area contributed by atoms with E-state index in [1.54, 1.807) is 27.7 Å². The number of hydrogen-bond acceptors (Lipinski definition) is 10. The molecule has 1 N–H and O–H groups in total. The average molecular weight is 584 g/mol. The van der Waals surface area contributed by atoms with Gasteiger partial charge in [-0.2, -0.15) is 0 Å². The molecule has 1 amide bonds. The molecule has 3 aliphatic heterocycles. The van der Waals surface area contributed by atoms with Crippen LogP contribution in [0.1, 0.15) is 51.7 Å². The highest BCUT2D eigenvalue weighted by Gasteiger charge is 2.62. The molecule has 11 heteroatoms. The van der Waals surface area contributed by atoms with E-state index in [4.69, 9.17) is 33.2 Å². The second-order valence-corrected chi connectivity index (χ2v) is 11.4. The number of rotatable bonds is 10. The van der Waals surface area contributed by atoms with Gasteiger partial charge in [-0.15, -0.1) is 0 Å². The second kappa shape index (κ2) is 12.5. The Morgan fingerprint density at radius 1 is 0.762 bits per heavy atom. The van der Waals surface area contributed by atoms with Gasteiger partial charge in [0.2, 0.25) is 0 Å². The van der Waals surface area contributed by atoms with E-state index in [0.717, 1.165) is 11.1 Å². The molecule has 5 rings (SSSR count). The van der Waals surface area contributed by atoms with E-state index in [-0.39, 0.29) is 26.1 Å². The molecule has 11 nitrogen and oxygen atoms in total. The second-order valence-electron chi connectivity index (χ2n) is 11.4. The lowest BCUT2D eigenvalue weighted by Gasteiger charge is -2.36. The Kier molecular flexibility index (Phi) is 8.95. The van der Waals surface area contributed by atoms with Gasteiger partial charge in [-0.05, 0) is 45.2 Å². The first-order valence-electron chi connectivity index (χ1n) is 14.1. The summed E-state index contributed by atoms with van der Waals surface area (Å²) in [4.78, 5) is 39.4. The van der Waals surface area contributed by atoms with Crippen LogP contribution >= 0.6 is 0 Å². The molecule has 0 unspecified atom stereocenters. The van der Waals surface area contributed by atoms with Crippen molar-refractivity contribution >= 4 is 17.8 Å². The van der Waals surface area contributed by atoms with Gasteiger partial charge in [-0.3, -0.25) is 9.59 Å². The van der Waals surface area contributed by atoms with Crippen molar-refractivity contribution in [3.63, 3.8) is 0 Å². The fourth-order valence-electron chi connectivity index (χ4n) is 5.23. The minimum absolute atomic E-state index is 0.00425.